The Morgan fingerprint density at radius 3 is 2.28 bits per heavy atom. The summed E-state index contributed by atoms with van der Waals surface area (Å²) in [7, 11) is 0. The van der Waals surface area contributed by atoms with Crippen molar-refractivity contribution in [2.75, 3.05) is 0 Å². The minimum absolute atomic E-state index is 0.261. The average Bonchev–Trinajstić information content (AvgIpc) is 3.48. The molecule has 160 valence electrons. The summed E-state index contributed by atoms with van der Waals surface area (Å²) in [5, 5.41) is 0. The molecule has 1 aliphatic rings. The van der Waals surface area contributed by atoms with Crippen LogP contribution in [0.2, 0.25) is 0 Å². The normalized spacial score (nSPS) is 17.9. The Hall–Kier alpha value is -3.66. The van der Waals surface area contributed by atoms with Crippen LogP contribution in [0, 0.1) is 0 Å². The van der Waals surface area contributed by atoms with Gasteiger partial charge in [0.2, 0.25) is 0 Å². The van der Waals surface area contributed by atoms with Gasteiger partial charge in [0.1, 0.15) is 11.4 Å². The standard InChI is InChI=1S/C28H25NO3/c1-19(30)31-25-14-8-13-22(18-25)23-15-16-24(17-23)28-29-26(20-9-4-2-5-10-20)27(32-28)21-11-6-3-7-12-21/h2-14,18,23-24H,15-17H2,1H3. The molecule has 2 atom stereocenters. The molecule has 1 saturated carbocycles. The lowest BCUT2D eigenvalue weighted by atomic mass is 9.96. The fourth-order valence-electron chi connectivity index (χ4n) is 4.59. The molecule has 2 unspecified atom stereocenters. The van der Waals surface area contributed by atoms with E-state index >= 15 is 0 Å². The fraction of sp³-hybridized carbons (Fsp3) is 0.214. The molecule has 0 saturated heterocycles. The second kappa shape index (κ2) is 8.83. The van der Waals surface area contributed by atoms with Gasteiger partial charge in [-0.2, -0.15) is 0 Å². The van der Waals surface area contributed by atoms with Crippen LogP contribution in [0.5, 0.6) is 5.75 Å². The van der Waals surface area contributed by atoms with Crippen molar-refractivity contribution in [1.29, 1.82) is 0 Å². The molecule has 0 radical (unpaired) electrons. The molecule has 1 heterocycles. The zero-order chi connectivity index (χ0) is 21.9. The van der Waals surface area contributed by atoms with Crippen molar-refractivity contribution in [3.63, 3.8) is 0 Å². The van der Waals surface area contributed by atoms with Crippen molar-refractivity contribution in [3.8, 4) is 28.3 Å². The van der Waals surface area contributed by atoms with Crippen LogP contribution in [0.3, 0.4) is 0 Å². The van der Waals surface area contributed by atoms with Gasteiger partial charge in [-0.05, 0) is 42.9 Å². The van der Waals surface area contributed by atoms with E-state index in [0.717, 1.165) is 47.7 Å². The number of hydrogen-bond donors (Lipinski definition) is 0. The molecule has 1 aliphatic carbocycles. The second-order valence-corrected chi connectivity index (χ2v) is 8.33. The van der Waals surface area contributed by atoms with Crippen molar-refractivity contribution in [3.05, 3.63) is 96.4 Å². The molecule has 1 fully saturated rings. The number of oxazole rings is 1. The molecule has 0 amide bonds. The molecule has 4 nitrogen and oxygen atoms in total. The topological polar surface area (TPSA) is 52.3 Å². The Morgan fingerprint density at radius 1 is 0.875 bits per heavy atom. The van der Waals surface area contributed by atoms with Crippen LogP contribution in [0.4, 0.5) is 0 Å². The van der Waals surface area contributed by atoms with E-state index in [1.807, 2.05) is 54.6 Å². The average molecular weight is 424 g/mol. The number of carbonyl (C=O) groups excluding carboxylic acids is 1. The van der Waals surface area contributed by atoms with E-state index in [2.05, 4.69) is 30.3 Å². The Morgan fingerprint density at radius 2 is 1.56 bits per heavy atom. The van der Waals surface area contributed by atoms with Gasteiger partial charge in [-0.25, -0.2) is 4.98 Å². The first kappa shape index (κ1) is 20.3. The summed E-state index contributed by atoms with van der Waals surface area (Å²) in [4.78, 5) is 16.3. The van der Waals surface area contributed by atoms with Gasteiger partial charge in [0.25, 0.3) is 0 Å². The van der Waals surface area contributed by atoms with Gasteiger partial charge < -0.3 is 9.15 Å². The number of rotatable bonds is 5. The van der Waals surface area contributed by atoms with Gasteiger partial charge in [-0.1, -0.05) is 72.8 Å². The highest BCUT2D eigenvalue weighted by Crippen LogP contribution is 2.46. The summed E-state index contributed by atoms with van der Waals surface area (Å²) < 4.78 is 11.7. The zero-order valence-corrected chi connectivity index (χ0v) is 18.0. The van der Waals surface area contributed by atoms with Crippen LogP contribution in [0.25, 0.3) is 22.6 Å². The van der Waals surface area contributed by atoms with Crippen molar-refractivity contribution in [2.24, 2.45) is 0 Å². The molecule has 4 heteroatoms. The van der Waals surface area contributed by atoms with Gasteiger partial charge in [0.05, 0.1) is 0 Å². The van der Waals surface area contributed by atoms with E-state index in [-0.39, 0.29) is 11.9 Å². The maximum atomic E-state index is 11.3. The highest BCUT2D eigenvalue weighted by atomic mass is 16.5. The zero-order valence-electron chi connectivity index (χ0n) is 18.0. The smallest absolute Gasteiger partial charge is 0.308 e. The third-order valence-corrected chi connectivity index (χ3v) is 6.10. The third-order valence-electron chi connectivity index (χ3n) is 6.10. The summed E-state index contributed by atoms with van der Waals surface area (Å²) in [6, 6.07) is 28.3. The lowest BCUT2D eigenvalue weighted by Gasteiger charge is -2.11. The number of nitrogens with zero attached hydrogens (tertiary/aromatic N) is 1. The number of carbonyl (C=O) groups is 1. The molecule has 3 aromatic carbocycles. The van der Waals surface area contributed by atoms with Gasteiger partial charge in [-0.15, -0.1) is 0 Å². The quantitative estimate of drug-likeness (QED) is 0.256. The summed E-state index contributed by atoms with van der Waals surface area (Å²) in [6.45, 7) is 1.43. The van der Waals surface area contributed by atoms with Crippen LogP contribution >= 0.6 is 0 Å². The predicted octanol–water partition coefficient (Wildman–Crippen LogP) is 6.99. The molecule has 4 aromatic rings. The molecule has 1 aromatic heterocycles. The first-order chi connectivity index (χ1) is 15.7. The number of hydrogen-bond acceptors (Lipinski definition) is 4. The van der Waals surface area contributed by atoms with Crippen LogP contribution in [-0.4, -0.2) is 11.0 Å². The Labute approximate surface area is 187 Å². The lowest BCUT2D eigenvalue weighted by Crippen LogP contribution is -2.02. The van der Waals surface area contributed by atoms with E-state index in [9.17, 15) is 4.79 Å². The van der Waals surface area contributed by atoms with Crippen LogP contribution < -0.4 is 4.74 Å². The molecule has 0 spiro atoms. The van der Waals surface area contributed by atoms with Gasteiger partial charge in [-0.3, -0.25) is 4.79 Å². The summed E-state index contributed by atoms with van der Waals surface area (Å²) >= 11 is 0. The highest BCUT2D eigenvalue weighted by molar-refractivity contribution is 5.76. The van der Waals surface area contributed by atoms with E-state index in [1.165, 1.54) is 12.5 Å². The van der Waals surface area contributed by atoms with E-state index in [4.69, 9.17) is 14.1 Å². The minimum atomic E-state index is -0.298. The number of benzene rings is 3. The highest BCUT2D eigenvalue weighted by Gasteiger charge is 2.32. The summed E-state index contributed by atoms with van der Waals surface area (Å²) in [5.41, 5.74) is 4.19. The first-order valence-corrected chi connectivity index (χ1v) is 11.1. The lowest BCUT2D eigenvalue weighted by molar-refractivity contribution is -0.131. The summed E-state index contributed by atoms with van der Waals surface area (Å²) in [5.74, 6) is 2.59. The van der Waals surface area contributed by atoms with Gasteiger partial charge >= 0.3 is 5.97 Å². The molecule has 0 aliphatic heterocycles. The number of aromatic nitrogens is 1. The maximum Gasteiger partial charge on any atom is 0.308 e. The molecule has 5 rings (SSSR count). The number of esters is 1. The monoisotopic (exact) mass is 423 g/mol. The molecule has 0 N–H and O–H groups in total. The van der Waals surface area contributed by atoms with Crippen molar-refractivity contribution < 1.29 is 13.9 Å². The van der Waals surface area contributed by atoms with Crippen molar-refractivity contribution in [1.82, 2.24) is 4.98 Å². The predicted molar refractivity (Wildman–Crippen MR) is 124 cm³/mol. The Balaban J connectivity index is 1.44. The van der Waals surface area contributed by atoms with E-state index in [0.29, 0.717) is 11.7 Å². The van der Waals surface area contributed by atoms with E-state index < -0.39 is 0 Å². The summed E-state index contributed by atoms with van der Waals surface area (Å²) in [6.07, 6.45) is 3.04. The van der Waals surface area contributed by atoms with Crippen LogP contribution in [0.1, 0.15) is 49.5 Å². The SMILES string of the molecule is CC(=O)Oc1cccc(C2CCC(c3nc(-c4ccccc4)c(-c4ccccc4)o3)C2)c1. The fourth-order valence-corrected chi connectivity index (χ4v) is 4.59. The second-order valence-electron chi connectivity index (χ2n) is 8.33. The van der Waals surface area contributed by atoms with Crippen molar-refractivity contribution >= 4 is 5.97 Å². The maximum absolute atomic E-state index is 11.3. The van der Waals surface area contributed by atoms with Crippen molar-refractivity contribution in [2.45, 2.75) is 38.0 Å². The molecular formula is C28H25NO3. The minimum Gasteiger partial charge on any atom is -0.440 e. The molecular weight excluding hydrogens is 398 g/mol. The van der Waals surface area contributed by atoms with Crippen LogP contribution in [0.15, 0.2) is 89.3 Å². The molecule has 0 bridgehead atoms. The first-order valence-electron chi connectivity index (χ1n) is 11.1. The third kappa shape index (κ3) is 4.22. The van der Waals surface area contributed by atoms with Gasteiger partial charge in [0, 0.05) is 24.0 Å². The molecule has 32 heavy (non-hydrogen) atoms. The van der Waals surface area contributed by atoms with Gasteiger partial charge in [0.15, 0.2) is 11.7 Å². The van der Waals surface area contributed by atoms with E-state index in [1.54, 1.807) is 0 Å². The Kier molecular flexibility index (Phi) is 5.59. The number of ether oxygens (including phenoxy) is 1. The van der Waals surface area contributed by atoms with Crippen LogP contribution in [-0.2, 0) is 4.79 Å². The Bertz CT molecular complexity index is 1160. The largest absolute Gasteiger partial charge is 0.440 e.